The Kier molecular flexibility index (Phi) is 4.32. The van der Waals surface area contributed by atoms with Crippen LogP contribution in [0.5, 0.6) is 0 Å². The molecule has 1 aromatic heterocycles. The first-order valence-electron chi connectivity index (χ1n) is 6.24. The molecule has 1 aromatic rings. The Morgan fingerprint density at radius 3 is 2.48 bits per heavy atom. The summed E-state index contributed by atoms with van der Waals surface area (Å²) in [6, 6.07) is 2.21. The fraction of sp³-hybridized carbons (Fsp3) is 0.538. The first kappa shape index (κ1) is 16.3. The van der Waals surface area contributed by atoms with Crippen molar-refractivity contribution in [3.05, 3.63) is 29.1 Å². The van der Waals surface area contributed by atoms with Gasteiger partial charge in [0.15, 0.2) is 0 Å². The van der Waals surface area contributed by atoms with E-state index in [0.29, 0.717) is 11.3 Å². The smallest absolute Gasteiger partial charge is 0.433 e. The van der Waals surface area contributed by atoms with Crippen molar-refractivity contribution in [2.45, 2.75) is 38.3 Å². The predicted octanol–water partition coefficient (Wildman–Crippen LogP) is 2.88. The largest absolute Gasteiger partial charge is 0.591 e. The van der Waals surface area contributed by atoms with Gasteiger partial charge in [-0.1, -0.05) is 4.40 Å². The lowest BCUT2D eigenvalue weighted by Gasteiger charge is -2.22. The minimum Gasteiger partial charge on any atom is -0.591 e. The number of hydrogen-bond donors (Lipinski definition) is 0. The number of halogens is 3. The van der Waals surface area contributed by atoms with E-state index in [9.17, 15) is 17.7 Å². The zero-order valence-corrected chi connectivity index (χ0v) is 12.6. The van der Waals surface area contributed by atoms with Gasteiger partial charge in [0, 0.05) is 5.56 Å². The second-order valence-corrected chi connectivity index (χ2v) is 7.49. The molecule has 0 N–H and O–H groups in total. The van der Waals surface area contributed by atoms with Crippen LogP contribution in [0.1, 0.15) is 37.7 Å². The Morgan fingerprint density at radius 1 is 1.24 bits per heavy atom. The van der Waals surface area contributed by atoms with E-state index in [1.807, 2.05) is 0 Å². The maximum Gasteiger partial charge on any atom is 0.433 e. The minimum absolute atomic E-state index is 0.0135. The quantitative estimate of drug-likeness (QED) is 0.748. The van der Waals surface area contributed by atoms with Crippen molar-refractivity contribution in [3.63, 3.8) is 0 Å². The van der Waals surface area contributed by atoms with Crippen molar-refractivity contribution >= 4 is 17.1 Å². The summed E-state index contributed by atoms with van der Waals surface area (Å²) < 4.78 is 58.7. The van der Waals surface area contributed by atoms with Crippen LogP contribution < -0.4 is 0 Å². The number of hydrogen-bond acceptors (Lipinski definition) is 4. The van der Waals surface area contributed by atoms with Crippen LogP contribution in [0, 0.1) is 0 Å². The number of aromatic nitrogens is 1. The van der Waals surface area contributed by atoms with E-state index in [4.69, 9.17) is 4.74 Å². The monoisotopic (exact) mass is 320 g/mol. The highest BCUT2D eigenvalue weighted by molar-refractivity contribution is 7.91. The Balaban J connectivity index is 2.39. The maximum atomic E-state index is 12.6. The van der Waals surface area contributed by atoms with Crippen LogP contribution in [0.2, 0.25) is 0 Å². The molecular weight excluding hydrogens is 305 g/mol. The predicted molar refractivity (Wildman–Crippen MR) is 73.3 cm³/mol. The van der Waals surface area contributed by atoms with Gasteiger partial charge in [-0.15, -0.1) is 0 Å². The average Bonchev–Trinajstić information content (AvgIpc) is 2.36. The van der Waals surface area contributed by atoms with Crippen LogP contribution in [0.15, 0.2) is 16.5 Å². The van der Waals surface area contributed by atoms with Gasteiger partial charge in [0.25, 0.3) is 0 Å². The van der Waals surface area contributed by atoms with Gasteiger partial charge in [-0.25, -0.2) is 4.98 Å². The van der Waals surface area contributed by atoms with Gasteiger partial charge in [-0.3, -0.25) is 0 Å². The van der Waals surface area contributed by atoms with Gasteiger partial charge in [0.1, 0.15) is 27.5 Å². The van der Waals surface area contributed by atoms with Crippen molar-refractivity contribution < 1.29 is 22.5 Å². The number of nitrogens with zero attached hydrogens (tertiary/aromatic N) is 2. The fourth-order valence-electron chi connectivity index (χ4n) is 1.67. The topological polar surface area (TPSA) is 57.5 Å². The summed E-state index contributed by atoms with van der Waals surface area (Å²) in [4.78, 5) is 3.57. The van der Waals surface area contributed by atoms with Crippen LogP contribution in [0.3, 0.4) is 0 Å². The molecule has 0 radical (unpaired) electrons. The van der Waals surface area contributed by atoms with Crippen molar-refractivity contribution in [2.75, 3.05) is 6.61 Å². The number of fused-ring (bicyclic) bond motifs is 1. The summed E-state index contributed by atoms with van der Waals surface area (Å²) in [5.74, 6) is 0. The Morgan fingerprint density at radius 2 is 1.90 bits per heavy atom. The molecule has 0 saturated heterocycles. The summed E-state index contributed by atoms with van der Waals surface area (Å²) in [5.41, 5.74) is 0.0290. The van der Waals surface area contributed by atoms with E-state index in [2.05, 4.69) is 9.38 Å². The van der Waals surface area contributed by atoms with Crippen LogP contribution in [0.4, 0.5) is 13.2 Å². The molecule has 8 heteroatoms. The molecule has 0 aliphatic carbocycles. The van der Waals surface area contributed by atoms with Gasteiger partial charge < -0.3 is 9.29 Å². The number of pyridine rings is 1. The molecule has 0 amide bonds. The highest BCUT2D eigenvalue weighted by atomic mass is 32.2. The molecule has 21 heavy (non-hydrogen) atoms. The highest BCUT2D eigenvalue weighted by Gasteiger charge is 2.34. The first-order valence-corrected chi connectivity index (χ1v) is 7.34. The number of alkyl halides is 3. The van der Waals surface area contributed by atoms with E-state index < -0.39 is 28.0 Å². The Hall–Kier alpha value is -1.12. The molecule has 0 bridgehead atoms. The van der Waals surface area contributed by atoms with Gasteiger partial charge in [0.2, 0.25) is 0 Å². The molecule has 1 aliphatic rings. The average molecular weight is 320 g/mol. The SMILES string of the molecule is CC(C)(C)[S+]([O-])N=C1COCc2nc(C(F)(F)F)ccc21. The lowest BCUT2D eigenvalue weighted by molar-refractivity contribution is -0.141. The fourth-order valence-corrected chi connectivity index (χ4v) is 2.29. The number of ether oxygens (including phenoxy) is 1. The first-order chi connectivity index (χ1) is 9.59. The second-order valence-electron chi connectivity index (χ2n) is 5.58. The van der Waals surface area contributed by atoms with Crippen LogP contribution in [-0.2, 0) is 28.9 Å². The van der Waals surface area contributed by atoms with Gasteiger partial charge in [-0.05, 0) is 32.9 Å². The second kappa shape index (κ2) is 5.58. The number of rotatable bonds is 1. The van der Waals surface area contributed by atoms with Crippen LogP contribution >= 0.6 is 0 Å². The molecule has 116 valence electrons. The molecule has 2 rings (SSSR count). The van der Waals surface area contributed by atoms with Crippen molar-refractivity contribution in [2.24, 2.45) is 4.40 Å². The van der Waals surface area contributed by atoms with Gasteiger partial charge >= 0.3 is 6.18 Å². The van der Waals surface area contributed by atoms with Crippen molar-refractivity contribution in [1.82, 2.24) is 4.98 Å². The molecule has 0 aromatic carbocycles. The van der Waals surface area contributed by atoms with Crippen LogP contribution in [0.25, 0.3) is 0 Å². The lowest BCUT2D eigenvalue weighted by Crippen LogP contribution is -2.29. The molecule has 1 unspecified atom stereocenters. The standard InChI is InChI=1S/C13H15F3N2O2S/c1-12(2,3)21(19)18-10-7-20-6-9-8(10)4-5-11(17-9)13(14,15)16/h4-5H,6-7H2,1-3H3. The molecule has 0 fully saturated rings. The third kappa shape index (κ3) is 3.75. The van der Waals surface area contributed by atoms with Crippen molar-refractivity contribution in [3.8, 4) is 0 Å². The molecule has 1 atom stereocenters. The summed E-state index contributed by atoms with van der Waals surface area (Å²) in [5, 5.41) is 0. The summed E-state index contributed by atoms with van der Waals surface area (Å²) in [6.07, 6.45) is -4.50. The molecule has 4 nitrogen and oxygen atoms in total. The van der Waals surface area contributed by atoms with E-state index >= 15 is 0 Å². The Bertz CT molecular complexity index is 568. The normalized spacial score (nSPS) is 19.5. The van der Waals surface area contributed by atoms with Crippen LogP contribution in [-0.4, -0.2) is 26.6 Å². The molecule has 2 heterocycles. The molecule has 0 saturated carbocycles. The molecular formula is C13H15F3N2O2S. The maximum absolute atomic E-state index is 12.6. The summed E-state index contributed by atoms with van der Waals surface area (Å²) in [7, 11) is 0. The zero-order chi connectivity index (χ0) is 15.8. The zero-order valence-electron chi connectivity index (χ0n) is 11.8. The Labute approximate surface area is 123 Å². The minimum atomic E-state index is -4.50. The third-order valence-electron chi connectivity index (χ3n) is 2.77. The molecule has 1 aliphatic heterocycles. The van der Waals surface area contributed by atoms with E-state index in [1.165, 1.54) is 6.07 Å². The van der Waals surface area contributed by atoms with E-state index in [-0.39, 0.29) is 18.9 Å². The van der Waals surface area contributed by atoms with E-state index in [0.717, 1.165) is 6.07 Å². The van der Waals surface area contributed by atoms with Gasteiger partial charge in [0.05, 0.1) is 18.9 Å². The summed E-state index contributed by atoms with van der Waals surface area (Å²) >= 11 is -1.51. The highest BCUT2D eigenvalue weighted by Crippen LogP contribution is 2.29. The van der Waals surface area contributed by atoms with Gasteiger partial charge in [-0.2, -0.15) is 13.2 Å². The molecule has 0 spiro atoms. The van der Waals surface area contributed by atoms with E-state index in [1.54, 1.807) is 20.8 Å². The summed E-state index contributed by atoms with van der Waals surface area (Å²) in [6.45, 7) is 5.40. The lowest BCUT2D eigenvalue weighted by atomic mass is 10.1. The van der Waals surface area contributed by atoms with Crippen molar-refractivity contribution in [1.29, 1.82) is 0 Å². The third-order valence-corrected chi connectivity index (χ3v) is 4.20.